The van der Waals surface area contributed by atoms with Crippen molar-refractivity contribution in [1.29, 1.82) is 0 Å². The molecule has 0 radical (unpaired) electrons. The number of anilines is 1. The first-order chi connectivity index (χ1) is 9.97. The highest BCUT2D eigenvalue weighted by Crippen LogP contribution is 2.27. The summed E-state index contributed by atoms with van der Waals surface area (Å²) in [5.74, 6) is 0. The van der Waals surface area contributed by atoms with Crippen molar-refractivity contribution in [2.45, 2.75) is 30.6 Å². The average Bonchev–Trinajstić information content (AvgIpc) is 2.48. The molecule has 0 aliphatic carbocycles. The van der Waals surface area contributed by atoms with Crippen molar-refractivity contribution in [3.8, 4) is 0 Å². The highest BCUT2D eigenvalue weighted by atomic mass is 16.6. The number of aliphatic hydroxyl groups excluding tert-OH is 4. The van der Waals surface area contributed by atoms with Crippen LogP contribution in [0.25, 0.3) is 0 Å². The molecule has 5 N–H and O–H groups in total. The molecule has 1 saturated heterocycles. The Morgan fingerprint density at radius 3 is 2.24 bits per heavy atom. The van der Waals surface area contributed by atoms with Crippen LogP contribution in [0.15, 0.2) is 30.3 Å². The summed E-state index contributed by atoms with van der Waals surface area (Å²) in [7, 11) is 0. The summed E-state index contributed by atoms with van der Waals surface area (Å²) in [6, 6.07) is 7.90. The second-order valence-electron chi connectivity index (χ2n) is 4.71. The van der Waals surface area contributed by atoms with Crippen LogP contribution in [0.5, 0.6) is 0 Å². The van der Waals surface area contributed by atoms with Gasteiger partial charge in [-0.25, -0.2) is 9.69 Å². The Hall–Kier alpha value is -1.71. The number of para-hydroxylation sites is 1. The first kappa shape index (κ1) is 15.7. The molecule has 21 heavy (non-hydrogen) atoms. The van der Waals surface area contributed by atoms with Crippen molar-refractivity contribution in [3.63, 3.8) is 0 Å². The van der Waals surface area contributed by atoms with E-state index in [2.05, 4.69) is 0 Å². The molecule has 0 spiro atoms. The standard InChI is InChI=1S/C13H17NO7/c15-6-8-9(16)10(17)11(18)12(21-8)14(13(19)20)7-4-2-1-3-5-7/h1-5,8-12,15-18H,6H2,(H,19,20)/t8-,9-,10+,11-,12?/m1/s1. The third-order valence-electron chi connectivity index (χ3n) is 3.36. The average molecular weight is 299 g/mol. The lowest BCUT2D eigenvalue weighted by Crippen LogP contribution is -2.64. The topological polar surface area (TPSA) is 131 Å². The fourth-order valence-corrected chi connectivity index (χ4v) is 2.25. The van der Waals surface area contributed by atoms with E-state index in [0.29, 0.717) is 0 Å². The van der Waals surface area contributed by atoms with E-state index in [1.807, 2.05) is 0 Å². The largest absolute Gasteiger partial charge is 0.465 e. The summed E-state index contributed by atoms with van der Waals surface area (Å²) in [6.45, 7) is -0.621. The SMILES string of the molecule is O=C(O)N(c1ccccc1)C1O[C@H](CO)[C@@H](O)[C@H](O)[C@H]1O. The van der Waals surface area contributed by atoms with E-state index >= 15 is 0 Å². The van der Waals surface area contributed by atoms with Gasteiger partial charge in [0.25, 0.3) is 0 Å². The maximum Gasteiger partial charge on any atom is 0.414 e. The lowest BCUT2D eigenvalue weighted by atomic mass is 9.97. The van der Waals surface area contributed by atoms with Gasteiger partial charge < -0.3 is 30.3 Å². The molecular weight excluding hydrogens is 282 g/mol. The van der Waals surface area contributed by atoms with E-state index in [0.717, 1.165) is 4.90 Å². The molecule has 1 heterocycles. The maximum absolute atomic E-state index is 11.5. The Morgan fingerprint density at radius 1 is 1.10 bits per heavy atom. The molecule has 116 valence electrons. The number of ether oxygens (including phenoxy) is 1. The van der Waals surface area contributed by atoms with Crippen LogP contribution < -0.4 is 4.90 Å². The molecule has 1 amide bonds. The van der Waals surface area contributed by atoms with Crippen LogP contribution in [-0.4, -0.2) is 68.9 Å². The summed E-state index contributed by atoms with van der Waals surface area (Å²) in [5.41, 5.74) is 0.231. The fourth-order valence-electron chi connectivity index (χ4n) is 2.25. The van der Waals surface area contributed by atoms with Crippen LogP contribution in [0.1, 0.15) is 0 Å². The van der Waals surface area contributed by atoms with Gasteiger partial charge in [0.1, 0.15) is 24.4 Å². The summed E-state index contributed by atoms with van der Waals surface area (Å²) < 4.78 is 5.24. The van der Waals surface area contributed by atoms with E-state index in [1.165, 1.54) is 12.1 Å². The Morgan fingerprint density at radius 2 is 1.71 bits per heavy atom. The molecule has 1 aromatic carbocycles. The van der Waals surface area contributed by atoms with Crippen LogP contribution in [-0.2, 0) is 4.74 Å². The molecule has 1 fully saturated rings. The van der Waals surface area contributed by atoms with Gasteiger partial charge in [0, 0.05) is 5.69 Å². The predicted molar refractivity (Wildman–Crippen MR) is 70.7 cm³/mol. The van der Waals surface area contributed by atoms with Crippen LogP contribution in [0.3, 0.4) is 0 Å². The summed E-state index contributed by atoms with van der Waals surface area (Å²) in [6.07, 6.45) is -8.83. The number of benzene rings is 1. The van der Waals surface area contributed by atoms with E-state index < -0.39 is 43.3 Å². The van der Waals surface area contributed by atoms with E-state index in [-0.39, 0.29) is 5.69 Å². The Balaban J connectivity index is 2.33. The smallest absolute Gasteiger partial charge is 0.414 e. The van der Waals surface area contributed by atoms with Crippen LogP contribution in [0.4, 0.5) is 10.5 Å². The molecule has 1 aromatic rings. The number of hydrogen-bond acceptors (Lipinski definition) is 6. The minimum absolute atomic E-state index is 0.231. The van der Waals surface area contributed by atoms with Gasteiger partial charge in [-0.15, -0.1) is 0 Å². The summed E-state index contributed by atoms with van der Waals surface area (Å²) >= 11 is 0. The first-order valence-corrected chi connectivity index (χ1v) is 6.35. The highest BCUT2D eigenvalue weighted by Gasteiger charge is 2.47. The number of carboxylic acid groups (broad SMARTS) is 1. The number of hydrogen-bond donors (Lipinski definition) is 5. The lowest BCUT2D eigenvalue weighted by molar-refractivity contribution is -0.227. The molecule has 0 bridgehead atoms. The van der Waals surface area contributed by atoms with Gasteiger partial charge in [0.05, 0.1) is 6.61 Å². The van der Waals surface area contributed by atoms with Crippen molar-refractivity contribution < 1.29 is 35.1 Å². The number of rotatable bonds is 3. The first-order valence-electron chi connectivity index (χ1n) is 6.35. The molecule has 2 rings (SSSR count). The van der Waals surface area contributed by atoms with Crippen LogP contribution >= 0.6 is 0 Å². The normalized spacial score (nSPS) is 32.7. The van der Waals surface area contributed by atoms with Crippen molar-refractivity contribution in [2.24, 2.45) is 0 Å². The molecule has 0 saturated carbocycles. The Bertz CT molecular complexity index is 481. The summed E-state index contributed by atoms with van der Waals surface area (Å²) in [5, 5.41) is 47.9. The van der Waals surface area contributed by atoms with Gasteiger partial charge in [-0.2, -0.15) is 0 Å². The van der Waals surface area contributed by atoms with Crippen molar-refractivity contribution in [1.82, 2.24) is 0 Å². The molecule has 8 nitrogen and oxygen atoms in total. The van der Waals surface area contributed by atoms with Gasteiger partial charge in [-0.3, -0.25) is 0 Å². The zero-order chi connectivity index (χ0) is 15.6. The third-order valence-corrected chi connectivity index (χ3v) is 3.36. The molecule has 1 aliphatic heterocycles. The van der Waals surface area contributed by atoms with Gasteiger partial charge in [0.15, 0.2) is 6.23 Å². The van der Waals surface area contributed by atoms with Crippen molar-refractivity contribution in [3.05, 3.63) is 30.3 Å². The molecule has 8 heteroatoms. The predicted octanol–water partition coefficient (Wildman–Crippen LogP) is -1.03. The maximum atomic E-state index is 11.5. The van der Waals surface area contributed by atoms with Gasteiger partial charge in [-0.05, 0) is 12.1 Å². The Labute approximate surface area is 120 Å². The number of nitrogens with zero attached hydrogens (tertiary/aromatic N) is 1. The van der Waals surface area contributed by atoms with Gasteiger partial charge in [0.2, 0.25) is 0 Å². The quantitative estimate of drug-likeness (QED) is 0.482. The molecule has 1 aliphatic rings. The minimum atomic E-state index is -1.65. The second-order valence-corrected chi connectivity index (χ2v) is 4.71. The van der Waals surface area contributed by atoms with Gasteiger partial charge in [-0.1, -0.05) is 18.2 Å². The van der Waals surface area contributed by atoms with Crippen molar-refractivity contribution in [2.75, 3.05) is 11.5 Å². The zero-order valence-electron chi connectivity index (χ0n) is 11.0. The molecular formula is C13H17NO7. The number of carbonyl (C=O) groups is 1. The number of aliphatic hydroxyl groups is 4. The third kappa shape index (κ3) is 2.99. The number of amides is 1. The zero-order valence-corrected chi connectivity index (χ0v) is 11.0. The molecule has 1 unspecified atom stereocenters. The van der Waals surface area contributed by atoms with E-state index in [9.17, 15) is 25.2 Å². The van der Waals surface area contributed by atoms with Crippen LogP contribution in [0, 0.1) is 0 Å². The minimum Gasteiger partial charge on any atom is -0.465 e. The second kappa shape index (κ2) is 6.37. The highest BCUT2D eigenvalue weighted by molar-refractivity contribution is 5.86. The van der Waals surface area contributed by atoms with Crippen LogP contribution in [0.2, 0.25) is 0 Å². The van der Waals surface area contributed by atoms with Crippen molar-refractivity contribution >= 4 is 11.8 Å². The van der Waals surface area contributed by atoms with Gasteiger partial charge >= 0.3 is 6.09 Å². The monoisotopic (exact) mass is 299 g/mol. The fraction of sp³-hybridized carbons (Fsp3) is 0.462. The Kier molecular flexibility index (Phi) is 4.76. The molecule has 0 aromatic heterocycles. The molecule has 5 atom stereocenters. The lowest BCUT2D eigenvalue weighted by Gasteiger charge is -2.43. The van der Waals surface area contributed by atoms with E-state index in [1.54, 1.807) is 18.2 Å². The van der Waals surface area contributed by atoms with E-state index in [4.69, 9.17) is 9.84 Å². The summed E-state index contributed by atoms with van der Waals surface area (Å²) in [4.78, 5) is 12.2.